The maximum absolute atomic E-state index is 5.51. The number of rotatable bonds is 1. The van der Waals surface area contributed by atoms with Gasteiger partial charge >= 0.3 is 0 Å². The van der Waals surface area contributed by atoms with Crippen LogP contribution in [0.25, 0.3) is 66.4 Å². The van der Waals surface area contributed by atoms with Crippen LogP contribution in [-0.2, 0) is 10.8 Å². The number of aromatic amines is 1. The molecule has 1 N–H and O–H groups in total. The van der Waals surface area contributed by atoms with Crippen molar-refractivity contribution in [2.75, 3.05) is 4.90 Å². The molecule has 5 aromatic carbocycles. The number of fused-ring (bicyclic) bond motifs is 11. The van der Waals surface area contributed by atoms with E-state index in [1.54, 1.807) is 0 Å². The Kier molecular flexibility index (Phi) is 6.60. The van der Waals surface area contributed by atoms with Gasteiger partial charge in [0, 0.05) is 38.5 Å². The second kappa shape index (κ2) is 10.9. The van der Waals surface area contributed by atoms with E-state index in [-0.39, 0.29) is 10.8 Å². The standard InChI is InChI=1S/C46H40N4/c1-45(2,3)30-24-34-35-25-31(46(4,5)6)27-37-40-20-12-22-42(48-40)50(41-21-10-14-28-13-7-8-17-33(28)41)32-16-9-15-29(23-32)38-18-11-19-39(47-38)36(26-30)43(34)49-44(35)37/h7-27,49H,1-6H3. The van der Waals surface area contributed by atoms with Crippen LogP contribution < -0.4 is 4.90 Å². The summed E-state index contributed by atoms with van der Waals surface area (Å²) in [5.41, 5.74) is 12.8. The van der Waals surface area contributed by atoms with Crippen LogP contribution in [0.5, 0.6) is 0 Å². The minimum atomic E-state index is -0.0687. The predicted octanol–water partition coefficient (Wildman–Crippen LogP) is 12.6. The first-order valence-electron chi connectivity index (χ1n) is 17.5. The molecule has 0 saturated carbocycles. The Morgan fingerprint density at radius 3 is 1.78 bits per heavy atom. The maximum Gasteiger partial charge on any atom is 0.138 e. The van der Waals surface area contributed by atoms with Crippen molar-refractivity contribution in [1.29, 1.82) is 0 Å². The van der Waals surface area contributed by atoms with Crippen LogP contribution in [0.3, 0.4) is 0 Å². The molecule has 1 aliphatic heterocycles. The zero-order valence-electron chi connectivity index (χ0n) is 29.5. The number of benzene rings is 5. The normalized spacial score (nSPS) is 13.0. The van der Waals surface area contributed by atoms with Crippen molar-refractivity contribution in [2.24, 2.45) is 0 Å². The van der Waals surface area contributed by atoms with Crippen molar-refractivity contribution in [2.45, 2.75) is 52.4 Å². The molecule has 50 heavy (non-hydrogen) atoms. The van der Waals surface area contributed by atoms with Crippen molar-refractivity contribution >= 4 is 49.8 Å². The molecule has 0 fully saturated rings. The molecule has 0 spiro atoms. The number of nitrogens with one attached hydrogen (secondary N) is 1. The molecule has 1 aliphatic rings. The van der Waals surface area contributed by atoms with E-state index in [0.29, 0.717) is 0 Å². The molecule has 0 saturated heterocycles. The number of hydrogen-bond donors (Lipinski definition) is 1. The first-order chi connectivity index (χ1) is 24.0. The SMILES string of the molecule is CC(C)(C)c1cc2c3[nH]c4c(cc(C(C)(C)C)cc4c3c1)-c1cccc(n1)N(c1cccc3ccccc13)c1cccc(c1)-c1cccc-2n1. The van der Waals surface area contributed by atoms with Crippen LogP contribution in [0, 0.1) is 0 Å². The minimum Gasteiger partial charge on any atom is -0.353 e. The van der Waals surface area contributed by atoms with E-state index in [1.165, 1.54) is 32.7 Å². The van der Waals surface area contributed by atoms with E-state index in [4.69, 9.17) is 9.97 Å². The lowest BCUT2D eigenvalue weighted by Gasteiger charge is -2.27. The predicted molar refractivity (Wildman–Crippen MR) is 211 cm³/mol. The van der Waals surface area contributed by atoms with Gasteiger partial charge in [0.15, 0.2) is 0 Å². The van der Waals surface area contributed by atoms with Gasteiger partial charge in [0.1, 0.15) is 5.82 Å². The fourth-order valence-electron chi connectivity index (χ4n) is 7.42. The van der Waals surface area contributed by atoms with Crippen LogP contribution in [0.2, 0.25) is 0 Å². The summed E-state index contributed by atoms with van der Waals surface area (Å²) in [4.78, 5) is 17.1. The van der Waals surface area contributed by atoms with E-state index in [2.05, 4.69) is 179 Å². The second-order valence-electron chi connectivity index (χ2n) is 15.7. The van der Waals surface area contributed by atoms with Gasteiger partial charge in [-0.3, -0.25) is 4.90 Å². The molecular weight excluding hydrogens is 609 g/mol. The molecule has 244 valence electrons. The number of nitrogens with zero attached hydrogens (tertiary/aromatic N) is 3. The van der Waals surface area contributed by atoms with Gasteiger partial charge in [0.25, 0.3) is 0 Å². The van der Waals surface area contributed by atoms with Crippen LogP contribution in [0.15, 0.2) is 127 Å². The Morgan fingerprint density at radius 1 is 0.500 bits per heavy atom. The second-order valence-corrected chi connectivity index (χ2v) is 15.7. The first kappa shape index (κ1) is 30.3. The Morgan fingerprint density at radius 2 is 1.08 bits per heavy atom. The molecule has 0 amide bonds. The van der Waals surface area contributed by atoms with Gasteiger partial charge in [-0.25, -0.2) is 9.97 Å². The van der Waals surface area contributed by atoms with Crippen LogP contribution in [-0.4, -0.2) is 15.0 Å². The summed E-state index contributed by atoms with van der Waals surface area (Å²) in [6, 6.07) is 46.0. The molecule has 9 rings (SSSR count). The van der Waals surface area contributed by atoms with E-state index < -0.39 is 0 Å². The summed E-state index contributed by atoms with van der Waals surface area (Å²) >= 11 is 0. The van der Waals surface area contributed by atoms with Crippen molar-refractivity contribution in [3.05, 3.63) is 139 Å². The summed E-state index contributed by atoms with van der Waals surface area (Å²) in [7, 11) is 0. The van der Waals surface area contributed by atoms with Gasteiger partial charge in [0.2, 0.25) is 0 Å². The van der Waals surface area contributed by atoms with E-state index in [0.717, 1.165) is 62.0 Å². The van der Waals surface area contributed by atoms with Crippen LogP contribution >= 0.6 is 0 Å². The third-order valence-corrected chi connectivity index (χ3v) is 10.2. The highest BCUT2D eigenvalue weighted by atomic mass is 15.2. The van der Waals surface area contributed by atoms with Gasteiger partial charge in [-0.05, 0) is 94.1 Å². The average molecular weight is 649 g/mol. The lowest BCUT2D eigenvalue weighted by Crippen LogP contribution is -2.13. The van der Waals surface area contributed by atoms with Crippen molar-refractivity contribution in [3.8, 4) is 33.8 Å². The monoisotopic (exact) mass is 648 g/mol. The zero-order chi connectivity index (χ0) is 34.4. The molecule has 4 heteroatoms. The highest BCUT2D eigenvalue weighted by Gasteiger charge is 2.25. The first-order valence-corrected chi connectivity index (χ1v) is 17.5. The van der Waals surface area contributed by atoms with E-state index in [9.17, 15) is 0 Å². The Bertz CT molecular complexity index is 2620. The fourth-order valence-corrected chi connectivity index (χ4v) is 7.42. The Balaban J connectivity index is 1.45. The third kappa shape index (κ3) is 4.89. The van der Waals surface area contributed by atoms with Crippen LogP contribution in [0.4, 0.5) is 17.2 Å². The summed E-state index contributed by atoms with van der Waals surface area (Å²) < 4.78 is 0. The van der Waals surface area contributed by atoms with Crippen molar-refractivity contribution in [3.63, 3.8) is 0 Å². The largest absolute Gasteiger partial charge is 0.353 e. The topological polar surface area (TPSA) is 44.8 Å². The summed E-state index contributed by atoms with van der Waals surface area (Å²) in [6.45, 7) is 13.7. The molecule has 4 heterocycles. The van der Waals surface area contributed by atoms with Gasteiger partial charge in [-0.15, -0.1) is 0 Å². The lowest BCUT2D eigenvalue weighted by atomic mass is 9.83. The molecule has 0 unspecified atom stereocenters. The zero-order valence-corrected chi connectivity index (χ0v) is 29.5. The number of hydrogen-bond acceptors (Lipinski definition) is 3. The highest BCUT2D eigenvalue weighted by molar-refractivity contribution is 6.16. The van der Waals surface area contributed by atoms with Gasteiger partial charge in [-0.1, -0.05) is 102 Å². The number of pyridine rings is 2. The van der Waals surface area contributed by atoms with E-state index >= 15 is 0 Å². The van der Waals surface area contributed by atoms with Gasteiger partial charge < -0.3 is 4.98 Å². The quantitative estimate of drug-likeness (QED) is 0.193. The van der Waals surface area contributed by atoms with Gasteiger partial charge in [0.05, 0.1) is 33.8 Å². The fraction of sp³-hybridized carbons (Fsp3) is 0.174. The molecule has 0 atom stereocenters. The Hall–Kier alpha value is -5.74. The molecule has 8 aromatic rings. The van der Waals surface area contributed by atoms with E-state index in [1.807, 2.05) is 0 Å². The van der Waals surface area contributed by atoms with Crippen molar-refractivity contribution < 1.29 is 0 Å². The maximum atomic E-state index is 5.51. The average Bonchev–Trinajstić information content (AvgIpc) is 3.49. The molecular formula is C46H40N4. The summed E-state index contributed by atoms with van der Waals surface area (Å²) in [5, 5.41) is 4.77. The molecule has 0 radical (unpaired) electrons. The molecule has 0 aliphatic carbocycles. The Labute approximate surface area is 293 Å². The van der Waals surface area contributed by atoms with Crippen LogP contribution in [0.1, 0.15) is 52.7 Å². The minimum absolute atomic E-state index is 0.0509. The lowest BCUT2D eigenvalue weighted by molar-refractivity contribution is 0.590. The molecule has 4 nitrogen and oxygen atoms in total. The highest BCUT2D eigenvalue weighted by Crippen LogP contribution is 2.44. The third-order valence-electron chi connectivity index (χ3n) is 10.2. The van der Waals surface area contributed by atoms with Gasteiger partial charge in [-0.2, -0.15) is 0 Å². The summed E-state index contributed by atoms with van der Waals surface area (Å²) in [6.07, 6.45) is 0. The molecule has 3 aromatic heterocycles. The molecule has 8 bridgehead atoms. The number of anilines is 3. The van der Waals surface area contributed by atoms with Crippen molar-refractivity contribution in [1.82, 2.24) is 15.0 Å². The number of H-pyrrole nitrogens is 1. The number of aromatic nitrogens is 3. The summed E-state index contributed by atoms with van der Waals surface area (Å²) in [5.74, 6) is 0.855. The smallest absolute Gasteiger partial charge is 0.138 e.